The summed E-state index contributed by atoms with van der Waals surface area (Å²) in [6.07, 6.45) is 1.80. The number of aromatic amines is 1. The Kier molecular flexibility index (Phi) is 4.88. The first-order valence-electron chi connectivity index (χ1n) is 8.15. The number of hydrogen-bond acceptors (Lipinski definition) is 5. The number of imidazole rings is 1. The van der Waals surface area contributed by atoms with Gasteiger partial charge in [0.05, 0.1) is 30.5 Å². The van der Waals surface area contributed by atoms with E-state index in [9.17, 15) is 0 Å². The Balaban J connectivity index is 1.72. The molecule has 0 fully saturated rings. The van der Waals surface area contributed by atoms with Crippen LogP contribution < -0.4 is 14.9 Å². The molecule has 0 unspecified atom stereocenters. The number of nitrogens with one attached hydrogen (secondary N) is 2. The summed E-state index contributed by atoms with van der Waals surface area (Å²) in [6.45, 7) is 6.01. The molecule has 2 N–H and O–H groups in total. The lowest BCUT2D eigenvalue weighted by molar-refractivity contribution is 0.230. The van der Waals surface area contributed by atoms with Gasteiger partial charge >= 0.3 is 0 Å². The molecule has 0 saturated heterocycles. The van der Waals surface area contributed by atoms with E-state index in [2.05, 4.69) is 26.6 Å². The molecular formula is C19H22N4O2. The third-order valence-corrected chi connectivity index (χ3v) is 3.57. The summed E-state index contributed by atoms with van der Waals surface area (Å²) in [4.78, 5) is 7.64. The summed E-state index contributed by atoms with van der Waals surface area (Å²) in [6, 6.07) is 11.7. The van der Waals surface area contributed by atoms with Gasteiger partial charge in [0.15, 0.2) is 11.5 Å². The Morgan fingerprint density at radius 1 is 1.16 bits per heavy atom. The van der Waals surface area contributed by atoms with Crippen molar-refractivity contribution in [3.05, 3.63) is 47.5 Å². The molecule has 3 rings (SSSR count). The Labute approximate surface area is 146 Å². The van der Waals surface area contributed by atoms with Crippen LogP contribution >= 0.6 is 0 Å². The fourth-order valence-corrected chi connectivity index (χ4v) is 2.46. The summed E-state index contributed by atoms with van der Waals surface area (Å²) in [7, 11) is 1.62. The van der Waals surface area contributed by atoms with E-state index in [0.717, 1.165) is 22.3 Å². The molecule has 1 heterocycles. The smallest absolute Gasteiger partial charge is 0.222 e. The second-order valence-electron chi connectivity index (χ2n) is 6.05. The van der Waals surface area contributed by atoms with Crippen molar-refractivity contribution in [2.24, 2.45) is 5.10 Å². The zero-order valence-corrected chi connectivity index (χ0v) is 14.8. The van der Waals surface area contributed by atoms with Crippen molar-refractivity contribution in [1.82, 2.24) is 9.97 Å². The number of ether oxygens (including phenoxy) is 2. The second-order valence-corrected chi connectivity index (χ2v) is 6.05. The molecule has 0 amide bonds. The average Bonchev–Trinajstić information content (AvgIpc) is 2.97. The molecule has 0 atom stereocenters. The standard InChI is InChI=1S/C19H22N4O2/c1-12(2)25-17-8-6-14(10-18(17)24-4)11-20-23-19-21-15-7-5-13(3)9-16(15)22-19/h5-12H,1-4H3,(H2,21,22,23)/b20-11-. The van der Waals surface area contributed by atoms with Gasteiger partial charge in [0.1, 0.15) is 0 Å². The van der Waals surface area contributed by atoms with Gasteiger partial charge in [-0.25, -0.2) is 10.4 Å². The molecule has 6 heteroatoms. The summed E-state index contributed by atoms with van der Waals surface area (Å²) in [5, 5.41) is 4.23. The molecule has 3 aromatic rings. The van der Waals surface area contributed by atoms with Gasteiger partial charge in [0.2, 0.25) is 5.95 Å². The minimum atomic E-state index is 0.0896. The maximum Gasteiger partial charge on any atom is 0.222 e. The molecule has 0 aliphatic heterocycles. The molecule has 0 aliphatic rings. The molecule has 6 nitrogen and oxygen atoms in total. The summed E-state index contributed by atoms with van der Waals surface area (Å²) >= 11 is 0. The first-order valence-corrected chi connectivity index (χ1v) is 8.15. The van der Waals surface area contributed by atoms with E-state index in [0.29, 0.717) is 11.7 Å². The van der Waals surface area contributed by atoms with E-state index in [-0.39, 0.29) is 6.10 Å². The number of hydrazone groups is 1. The highest BCUT2D eigenvalue weighted by molar-refractivity contribution is 5.82. The number of nitrogens with zero attached hydrogens (tertiary/aromatic N) is 2. The van der Waals surface area contributed by atoms with Gasteiger partial charge in [-0.2, -0.15) is 5.10 Å². The third kappa shape index (κ3) is 4.09. The number of rotatable bonds is 6. The molecular weight excluding hydrogens is 316 g/mol. The number of methoxy groups -OCH3 is 1. The predicted octanol–water partition coefficient (Wildman–Crippen LogP) is 4.11. The third-order valence-electron chi connectivity index (χ3n) is 3.57. The fourth-order valence-electron chi connectivity index (χ4n) is 2.46. The summed E-state index contributed by atoms with van der Waals surface area (Å²) in [5.41, 5.74) is 6.88. The lowest BCUT2D eigenvalue weighted by Crippen LogP contribution is -2.06. The highest BCUT2D eigenvalue weighted by Gasteiger charge is 2.07. The van der Waals surface area contributed by atoms with Crippen LogP contribution in [0.15, 0.2) is 41.5 Å². The Morgan fingerprint density at radius 2 is 2.00 bits per heavy atom. The number of benzene rings is 2. The SMILES string of the molecule is COc1cc(/C=N\Nc2nc3ccc(C)cc3[nH]2)ccc1OC(C)C. The second kappa shape index (κ2) is 7.25. The van der Waals surface area contributed by atoms with Crippen molar-refractivity contribution in [3.8, 4) is 11.5 Å². The number of aryl methyl sites for hydroxylation is 1. The van der Waals surface area contributed by atoms with Crippen LogP contribution in [0.4, 0.5) is 5.95 Å². The van der Waals surface area contributed by atoms with E-state index in [1.807, 2.05) is 51.1 Å². The van der Waals surface area contributed by atoms with Gasteiger partial charge in [-0.05, 0) is 62.2 Å². The number of anilines is 1. The van der Waals surface area contributed by atoms with Crippen molar-refractivity contribution in [2.45, 2.75) is 26.9 Å². The predicted molar refractivity (Wildman–Crippen MR) is 101 cm³/mol. The van der Waals surface area contributed by atoms with E-state index in [1.165, 1.54) is 5.56 Å². The van der Waals surface area contributed by atoms with Crippen molar-refractivity contribution >= 4 is 23.2 Å². The van der Waals surface area contributed by atoms with Gasteiger partial charge < -0.3 is 14.5 Å². The van der Waals surface area contributed by atoms with Gasteiger partial charge in [-0.1, -0.05) is 6.07 Å². The Hall–Kier alpha value is -3.02. The molecule has 0 saturated carbocycles. The zero-order valence-electron chi connectivity index (χ0n) is 14.8. The van der Waals surface area contributed by atoms with Gasteiger partial charge in [0.25, 0.3) is 0 Å². The van der Waals surface area contributed by atoms with Crippen LogP contribution in [0.3, 0.4) is 0 Å². The normalized spacial score (nSPS) is 11.4. The number of H-pyrrole nitrogens is 1. The number of fused-ring (bicyclic) bond motifs is 1. The monoisotopic (exact) mass is 338 g/mol. The van der Waals surface area contributed by atoms with Crippen molar-refractivity contribution < 1.29 is 9.47 Å². The highest BCUT2D eigenvalue weighted by atomic mass is 16.5. The van der Waals surface area contributed by atoms with Crippen LogP contribution in [0.2, 0.25) is 0 Å². The topological polar surface area (TPSA) is 71.5 Å². The molecule has 0 radical (unpaired) electrons. The van der Waals surface area contributed by atoms with Crippen molar-refractivity contribution in [1.29, 1.82) is 0 Å². The summed E-state index contributed by atoms with van der Waals surface area (Å²) in [5.74, 6) is 2.00. The Morgan fingerprint density at radius 3 is 2.76 bits per heavy atom. The quantitative estimate of drug-likeness (QED) is 0.524. The maximum absolute atomic E-state index is 5.71. The minimum absolute atomic E-state index is 0.0896. The van der Waals surface area contributed by atoms with Crippen LogP contribution in [0.5, 0.6) is 11.5 Å². The zero-order chi connectivity index (χ0) is 17.8. The molecule has 1 aromatic heterocycles. The first-order chi connectivity index (χ1) is 12.0. The Bertz CT molecular complexity index is 900. The highest BCUT2D eigenvalue weighted by Crippen LogP contribution is 2.28. The van der Waals surface area contributed by atoms with Crippen molar-refractivity contribution in [3.63, 3.8) is 0 Å². The van der Waals surface area contributed by atoms with Crippen molar-refractivity contribution in [2.75, 3.05) is 12.5 Å². The molecule has 0 bridgehead atoms. The van der Waals surface area contributed by atoms with E-state index in [1.54, 1.807) is 13.3 Å². The van der Waals surface area contributed by atoms with Gasteiger partial charge in [-0.3, -0.25) is 0 Å². The average molecular weight is 338 g/mol. The van der Waals surface area contributed by atoms with E-state index in [4.69, 9.17) is 9.47 Å². The van der Waals surface area contributed by atoms with Crippen LogP contribution in [0.1, 0.15) is 25.0 Å². The van der Waals surface area contributed by atoms with Gasteiger partial charge in [-0.15, -0.1) is 0 Å². The molecule has 0 aliphatic carbocycles. The van der Waals surface area contributed by atoms with Crippen LogP contribution in [0, 0.1) is 6.92 Å². The summed E-state index contributed by atoms with van der Waals surface area (Å²) < 4.78 is 11.1. The lowest BCUT2D eigenvalue weighted by Gasteiger charge is -2.13. The molecule has 2 aromatic carbocycles. The van der Waals surface area contributed by atoms with E-state index < -0.39 is 0 Å². The maximum atomic E-state index is 5.71. The first kappa shape index (κ1) is 16.8. The van der Waals surface area contributed by atoms with E-state index >= 15 is 0 Å². The lowest BCUT2D eigenvalue weighted by atomic mass is 10.2. The number of hydrogen-bond donors (Lipinski definition) is 2. The van der Waals surface area contributed by atoms with Crippen LogP contribution in [0.25, 0.3) is 11.0 Å². The molecule has 0 spiro atoms. The fraction of sp³-hybridized carbons (Fsp3) is 0.263. The largest absolute Gasteiger partial charge is 0.493 e. The molecule has 130 valence electrons. The minimum Gasteiger partial charge on any atom is -0.493 e. The number of aromatic nitrogens is 2. The van der Waals surface area contributed by atoms with Crippen LogP contribution in [-0.4, -0.2) is 29.4 Å². The molecule has 25 heavy (non-hydrogen) atoms. The van der Waals surface area contributed by atoms with Crippen LogP contribution in [-0.2, 0) is 0 Å². The van der Waals surface area contributed by atoms with Gasteiger partial charge in [0, 0.05) is 0 Å².